The molecular weight excluding hydrogens is 394 g/mol. The summed E-state index contributed by atoms with van der Waals surface area (Å²) in [5, 5.41) is 2.78. The third kappa shape index (κ3) is 5.22. The summed E-state index contributed by atoms with van der Waals surface area (Å²) in [6.45, 7) is 5.49. The van der Waals surface area contributed by atoms with Crippen LogP contribution in [0.25, 0.3) is 11.2 Å². The van der Waals surface area contributed by atoms with E-state index in [1.807, 2.05) is 35.8 Å². The second-order valence-corrected chi connectivity index (χ2v) is 7.90. The second kappa shape index (κ2) is 9.63. The minimum atomic E-state index is -0.398. The first-order valence-corrected chi connectivity index (χ1v) is 10.8. The van der Waals surface area contributed by atoms with E-state index in [4.69, 9.17) is 15.5 Å². The van der Waals surface area contributed by atoms with Crippen molar-refractivity contribution < 1.29 is 9.53 Å². The molecule has 1 amide bonds. The fourth-order valence-electron chi connectivity index (χ4n) is 3.77. The molecule has 164 valence electrons. The summed E-state index contributed by atoms with van der Waals surface area (Å²) in [6.07, 6.45) is 5.23. The van der Waals surface area contributed by atoms with Crippen LogP contribution in [0.4, 0.5) is 16.6 Å². The van der Waals surface area contributed by atoms with Gasteiger partial charge in [-0.15, -0.1) is 0 Å². The van der Waals surface area contributed by atoms with E-state index < -0.39 is 6.09 Å². The van der Waals surface area contributed by atoms with Crippen molar-refractivity contribution in [2.45, 2.75) is 45.7 Å². The van der Waals surface area contributed by atoms with Gasteiger partial charge < -0.3 is 25.3 Å². The summed E-state index contributed by atoms with van der Waals surface area (Å²) < 4.78 is 7.27. The first kappa shape index (κ1) is 20.9. The van der Waals surface area contributed by atoms with Crippen LogP contribution >= 0.6 is 0 Å². The average Bonchev–Trinajstić information content (AvgIpc) is 3.43. The molecule has 0 radical (unpaired) electrons. The van der Waals surface area contributed by atoms with Gasteiger partial charge in [-0.05, 0) is 38.2 Å². The standard InChI is InChI=1S/C22H29N7O2/c1-16-7-6-8-17(13-16)14-24-22(30)31-12-5-4-11-29-15-25-18-19(23)26-21(27-20(18)29)28-9-2-3-10-28/h6-8,13,15H,2-5,9-12,14H2,1H3,(H,24,30)(H2,23,26,27). The van der Waals surface area contributed by atoms with Gasteiger partial charge in [-0.1, -0.05) is 29.8 Å². The van der Waals surface area contributed by atoms with Crippen LogP contribution in [0.3, 0.4) is 0 Å². The number of aryl methyl sites for hydroxylation is 2. The number of hydrogen-bond acceptors (Lipinski definition) is 7. The molecule has 31 heavy (non-hydrogen) atoms. The number of rotatable bonds is 8. The van der Waals surface area contributed by atoms with Crippen molar-refractivity contribution in [2.24, 2.45) is 0 Å². The number of unbranched alkanes of at least 4 members (excludes halogenated alkanes) is 1. The summed E-state index contributed by atoms with van der Waals surface area (Å²) in [5.41, 5.74) is 9.72. The Hall–Kier alpha value is -3.36. The van der Waals surface area contributed by atoms with Gasteiger partial charge >= 0.3 is 6.09 Å². The zero-order valence-corrected chi connectivity index (χ0v) is 17.9. The molecule has 1 aliphatic rings. The predicted octanol–water partition coefficient (Wildman–Crippen LogP) is 3.02. The highest BCUT2D eigenvalue weighted by Gasteiger charge is 2.18. The number of amides is 1. The van der Waals surface area contributed by atoms with Crippen LogP contribution in [0, 0.1) is 6.92 Å². The Balaban J connectivity index is 1.23. The van der Waals surface area contributed by atoms with E-state index in [0.29, 0.717) is 30.4 Å². The molecule has 2 aromatic heterocycles. The summed E-state index contributed by atoms with van der Waals surface area (Å²) in [6, 6.07) is 8.03. The molecule has 0 bridgehead atoms. The van der Waals surface area contributed by atoms with E-state index in [1.54, 1.807) is 6.33 Å². The molecule has 3 aromatic rings. The maximum Gasteiger partial charge on any atom is 0.407 e. The van der Waals surface area contributed by atoms with Gasteiger partial charge in [-0.2, -0.15) is 9.97 Å². The van der Waals surface area contributed by atoms with E-state index in [-0.39, 0.29) is 0 Å². The number of hydrogen-bond donors (Lipinski definition) is 2. The number of fused-ring (bicyclic) bond motifs is 1. The van der Waals surface area contributed by atoms with Crippen LogP contribution in [0.5, 0.6) is 0 Å². The molecule has 1 aromatic carbocycles. The molecule has 0 saturated carbocycles. The maximum atomic E-state index is 11.9. The summed E-state index contributed by atoms with van der Waals surface area (Å²) in [7, 11) is 0. The molecular formula is C22H29N7O2. The predicted molar refractivity (Wildman–Crippen MR) is 120 cm³/mol. The third-order valence-electron chi connectivity index (χ3n) is 5.41. The van der Waals surface area contributed by atoms with Gasteiger partial charge in [0.05, 0.1) is 12.9 Å². The Kier molecular flexibility index (Phi) is 6.49. The highest BCUT2D eigenvalue weighted by Crippen LogP contribution is 2.23. The number of benzene rings is 1. The molecule has 0 spiro atoms. The minimum Gasteiger partial charge on any atom is -0.450 e. The molecule has 9 heteroatoms. The number of nitrogens with one attached hydrogen (secondary N) is 1. The lowest BCUT2D eigenvalue weighted by atomic mass is 10.1. The van der Waals surface area contributed by atoms with Crippen molar-refractivity contribution in [3.05, 3.63) is 41.7 Å². The first-order valence-electron chi connectivity index (χ1n) is 10.8. The summed E-state index contributed by atoms with van der Waals surface area (Å²) in [4.78, 5) is 27.5. The van der Waals surface area contributed by atoms with Gasteiger partial charge in [0.1, 0.15) is 5.52 Å². The van der Waals surface area contributed by atoms with E-state index in [9.17, 15) is 4.79 Å². The van der Waals surface area contributed by atoms with Crippen molar-refractivity contribution in [1.82, 2.24) is 24.8 Å². The second-order valence-electron chi connectivity index (χ2n) is 7.90. The fourth-order valence-corrected chi connectivity index (χ4v) is 3.77. The van der Waals surface area contributed by atoms with Crippen molar-refractivity contribution in [3.8, 4) is 0 Å². The topological polar surface area (TPSA) is 111 Å². The van der Waals surface area contributed by atoms with Crippen LogP contribution in [0.2, 0.25) is 0 Å². The monoisotopic (exact) mass is 423 g/mol. The smallest absolute Gasteiger partial charge is 0.407 e. The quantitative estimate of drug-likeness (QED) is 0.536. The largest absolute Gasteiger partial charge is 0.450 e. The number of carbonyl (C=O) groups excluding carboxylic acids is 1. The lowest BCUT2D eigenvalue weighted by Crippen LogP contribution is -2.24. The lowest BCUT2D eigenvalue weighted by molar-refractivity contribution is 0.143. The van der Waals surface area contributed by atoms with Crippen LogP contribution < -0.4 is 16.0 Å². The molecule has 0 aliphatic carbocycles. The summed E-state index contributed by atoms with van der Waals surface area (Å²) in [5.74, 6) is 1.09. The van der Waals surface area contributed by atoms with E-state index in [1.165, 1.54) is 5.56 Å². The Morgan fingerprint density at radius 1 is 1.23 bits per heavy atom. The zero-order valence-electron chi connectivity index (χ0n) is 17.9. The van der Waals surface area contributed by atoms with Crippen molar-refractivity contribution in [1.29, 1.82) is 0 Å². The number of ether oxygens (including phenoxy) is 1. The number of carbonyl (C=O) groups is 1. The van der Waals surface area contributed by atoms with Crippen LogP contribution in [0.1, 0.15) is 36.8 Å². The van der Waals surface area contributed by atoms with Crippen molar-refractivity contribution in [3.63, 3.8) is 0 Å². The Bertz CT molecular complexity index is 1040. The number of aromatic nitrogens is 4. The molecule has 1 aliphatic heterocycles. The normalized spacial score (nSPS) is 13.6. The first-order chi connectivity index (χ1) is 15.1. The fraction of sp³-hybridized carbons (Fsp3) is 0.455. The van der Waals surface area contributed by atoms with Crippen molar-refractivity contribution in [2.75, 3.05) is 30.3 Å². The molecule has 0 unspecified atom stereocenters. The number of nitrogens with zero attached hydrogens (tertiary/aromatic N) is 5. The van der Waals surface area contributed by atoms with E-state index >= 15 is 0 Å². The molecule has 9 nitrogen and oxygen atoms in total. The van der Waals surface area contributed by atoms with Crippen LogP contribution in [-0.4, -0.2) is 45.3 Å². The minimum absolute atomic E-state index is 0.364. The number of imidazole rings is 1. The van der Waals surface area contributed by atoms with E-state index in [0.717, 1.165) is 56.5 Å². The molecule has 1 saturated heterocycles. The zero-order chi connectivity index (χ0) is 21.6. The van der Waals surface area contributed by atoms with Gasteiger partial charge in [0, 0.05) is 26.2 Å². The van der Waals surface area contributed by atoms with Gasteiger partial charge in [-0.3, -0.25) is 0 Å². The van der Waals surface area contributed by atoms with Crippen LogP contribution in [-0.2, 0) is 17.8 Å². The van der Waals surface area contributed by atoms with E-state index in [2.05, 4.69) is 20.2 Å². The Labute approximate surface area is 181 Å². The lowest BCUT2D eigenvalue weighted by Gasteiger charge is -2.15. The molecule has 4 rings (SSSR count). The van der Waals surface area contributed by atoms with Gasteiger partial charge in [0.15, 0.2) is 11.5 Å². The average molecular weight is 424 g/mol. The highest BCUT2D eigenvalue weighted by molar-refractivity contribution is 5.83. The van der Waals surface area contributed by atoms with Crippen molar-refractivity contribution >= 4 is 29.0 Å². The molecule has 3 N–H and O–H groups in total. The number of alkyl carbamates (subject to hydrolysis) is 1. The Morgan fingerprint density at radius 2 is 2.06 bits per heavy atom. The molecule has 0 atom stereocenters. The van der Waals surface area contributed by atoms with Gasteiger partial charge in [0.25, 0.3) is 0 Å². The maximum absolute atomic E-state index is 11.9. The SMILES string of the molecule is Cc1cccc(CNC(=O)OCCCCn2cnc3c(N)nc(N4CCCC4)nc32)c1. The third-order valence-corrected chi connectivity index (χ3v) is 5.41. The van der Waals surface area contributed by atoms with Gasteiger partial charge in [0.2, 0.25) is 5.95 Å². The molecule has 1 fully saturated rings. The highest BCUT2D eigenvalue weighted by atomic mass is 16.5. The Morgan fingerprint density at radius 3 is 2.87 bits per heavy atom. The number of anilines is 2. The number of nitrogens with two attached hydrogens (primary N) is 1. The number of nitrogen functional groups attached to an aromatic ring is 1. The summed E-state index contributed by atoms with van der Waals surface area (Å²) >= 11 is 0. The van der Waals surface area contributed by atoms with Gasteiger partial charge in [-0.25, -0.2) is 9.78 Å². The molecule has 3 heterocycles. The van der Waals surface area contributed by atoms with Crippen LogP contribution in [0.15, 0.2) is 30.6 Å².